The molecule has 0 unspecified atom stereocenters. The molecule has 1 aliphatic rings. The minimum atomic E-state index is -0.0563. The van der Waals surface area contributed by atoms with E-state index in [2.05, 4.69) is 15.9 Å². The summed E-state index contributed by atoms with van der Waals surface area (Å²) < 4.78 is 2.06. The minimum absolute atomic E-state index is 0.0355. The molecular formula is C11H5BrO2S. The molecule has 0 N–H and O–H groups in total. The van der Waals surface area contributed by atoms with Crippen LogP contribution in [-0.2, 0) is 0 Å². The number of rotatable bonds is 0. The predicted molar refractivity (Wildman–Crippen MR) is 62.8 cm³/mol. The van der Waals surface area contributed by atoms with Gasteiger partial charge in [0.2, 0.25) is 0 Å². The molecule has 0 aliphatic heterocycles. The second-order valence-electron chi connectivity index (χ2n) is 3.51. The Kier molecular flexibility index (Phi) is 1.85. The van der Waals surface area contributed by atoms with Crippen LogP contribution in [0.15, 0.2) is 22.0 Å². The van der Waals surface area contributed by atoms with Crippen LogP contribution in [0, 0.1) is 0 Å². The summed E-state index contributed by atoms with van der Waals surface area (Å²) in [4.78, 5) is 23.0. The van der Waals surface area contributed by atoms with Gasteiger partial charge in [0.05, 0.1) is 10.2 Å². The second kappa shape index (κ2) is 3.00. The van der Waals surface area contributed by atoms with E-state index in [9.17, 15) is 9.59 Å². The van der Waals surface area contributed by atoms with E-state index in [0.29, 0.717) is 11.1 Å². The Morgan fingerprint density at radius 2 is 1.73 bits per heavy atom. The smallest absolute Gasteiger partial charge is 0.171 e. The topological polar surface area (TPSA) is 34.1 Å². The molecule has 1 aromatic carbocycles. The lowest BCUT2D eigenvalue weighted by atomic mass is 10.1. The first-order chi connectivity index (χ1) is 7.15. The Balaban J connectivity index is 2.40. The van der Waals surface area contributed by atoms with Crippen LogP contribution in [-0.4, -0.2) is 11.6 Å². The fourth-order valence-electron chi connectivity index (χ4n) is 1.85. The van der Waals surface area contributed by atoms with Gasteiger partial charge in [0, 0.05) is 15.8 Å². The van der Waals surface area contributed by atoms with Crippen LogP contribution in [0.5, 0.6) is 0 Å². The van der Waals surface area contributed by atoms with E-state index < -0.39 is 0 Å². The number of halogens is 1. The Labute approximate surface area is 98.0 Å². The van der Waals surface area contributed by atoms with Crippen LogP contribution >= 0.6 is 27.3 Å². The van der Waals surface area contributed by atoms with Crippen molar-refractivity contribution >= 4 is 48.9 Å². The standard InChI is InChI=1S/C11H5BrO2S/c12-11-2-5-1-6-7(3-10(5)15-11)9(14)4-8(6)13/h1-3H,4H2. The Bertz CT molecular complexity index is 561. The van der Waals surface area contributed by atoms with Gasteiger partial charge in [0.1, 0.15) is 0 Å². The Morgan fingerprint density at radius 1 is 1.07 bits per heavy atom. The maximum absolute atomic E-state index is 11.5. The average molecular weight is 281 g/mol. The summed E-state index contributed by atoms with van der Waals surface area (Å²) >= 11 is 4.97. The van der Waals surface area contributed by atoms with Gasteiger partial charge in [-0.15, -0.1) is 11.3 Å². The maximum Gasteiger partial charge on any atom is 0.171 e. The molecule has 2 aromatic rings. The van der Waals surface area contributed by atoms with Crippen molar-refractivity contribution in [2.75, 3.05) is 0 Å². The third-order valence-corrected chi connectivity index (χ3v) is 4.15. The molecule has 0 bridgehead atoms. The number of benzene rings is 1. The molecule has 0 fully saturated rings. The number of fused-ring (bicyclic) bond motifs is 2. The number of carbonyl (C=O) groups is 2. The number of ketones is 2. The monoisotopic (exact) mass is 280 g/mol. The molecule has 1 aromatic heterocycles. The SMILES string of the molecule is O=C1CC(=O)c2cc3sc(Br)cc3cc21. The molecule has 4 heteroatoms. The second-order valence-corrected chi connectivity index (χ2v) is 5.97. The largest absolute Gasteiger partial charge is 0.294 e. The van der Waals surface area contributed by atoms with Gasteiger partial charge in [-0.25, -0.2) is 0 Å². The quantitative estimate of drug-likeness (QED) is 0.693. The van der Waals surface area contributed by atoms with E-state index in [1.807, 2.05) is 18.2 Å². The van der Waals surface area contributed by atoms with Gasteiger partial charge >= 0.3 is 0 Å². The van der Waals surface area contributed by atoms with Gasteiger partial charge in [-0.2, -0.15) is 0 Å². The van der Waals surface area contributed by atoms with Crippen molar-refractivity contribution in [3.05, 3.63) is 33.1 Å². The summed E-state index contributed by atoms with van der Waals surface area (Å²) in [5.74, 6) is -0.111. The highest BCUT2D eigenvalue weighted by molar-refractivity contribution is 9.11. The van der Waals surface area contributed by atoms with Crippen LogP contribution in [0.2, 0.25) is 0 Å². The van der Waals surface area contributed by atoms with Crippen molar-refractivity contribution in [2.45, 2.75) is 6.42 Å². The van der Waals surface area contributed by atoms with E-state index in [4.69, 9.17) is 0 Å². The van der Waals surface area contributed by atoms with Crippen molar-refractivity contribution in [3.63, 3.8) is 0 Å². The van der Waals surface area contributed by atoms with Crippen LogP contribution < -0.4 is 0 Å². The third kappa shape index (κ3) is 1.28. The first-order valence-corrected chi connectivity index (χ1v) is 6.05. The van der Waals surface area contributed by atoms with Crippen molar-refractivity contribution < 1.29 is 9.59 Å². The molecule has 0 saturated carbocycles. The average Bonchev–Trinajstić information content (AvgIpc) is 2.65. The van der Waals surface area contributed by atoms with Gasteiger partial charge in [-0.1, -0.05) is 0 Å². The molecule has 1 aliphatic carbocycles. The maximum atomic E-state index is 11.5. The zero-order valence-corrected chi connectivity index (χ0v) is 9.94. The molecule has 0 amide bonds. The van der Waals surface area contributed by atoms with E-state index in [0.717, 1.165) is 13.9 Å². The van der Waals surface area contributed by atoms with Crippen LogP contribution in [0.4, 0.5) is 0 Å². The summed E-state index contributed by atoms with van der Waals surface area (Å²) in [6.07, 6.45) is 0.0355. The van der Waals surface area contributed by atoms with Crippen LogP contribution in [0.1, 0.15) is 27.1 Å². The third-order valence-electron chi connectivity index (χ3n) is 2.55. The molecule has 1 heterocycles. The first kappa shape index (κ1) is 9.24. The predicted octanol–water partition coefficient (Wildman–Crippen LogP) is 3.43. The summed E-state index contributed by atoms with van der Waals surface area (Å²) in [5, 5.41) is 1.02. The molecule has 3 rings (SSSR count). The highest BCUT2D eigenvalue weighted by Crippen LogP contribution is 2.34. The van der Waals surface area contributed by atoms with Crippen molar-refractivity contribution in [3.8, 4) is 0 Å². The molecule has 0 atom stereocenters. The molecule has 2 nitrogen and oxygen atoms in total. The van der Waals surface area contributed by atoms with Crippen molar-refractivity contribution in [1.82, 2.24) is 0 Å². The number of hydrogen-bond acceptors (Lipinski definition) is 3. The van der Waals surface area contributed by atoms with Gasteiger partial charge in [0.25, 0.3) is 0 Å². The molecular weight excluding hydrogens is 276 g/mol. The van der Waals surface area contributed by atoms with Gasteiger partial charge in [-0.3, -0.25) is 9.59 Å². The van der Waals surface area contributed by atoms with Gasteiger partial charge in [0.15, 0.2) is 11.6 Å². The zero-order valence-electron chi connectivity index (χ0n) is 7.54. The number of thiophene rings is 1. The number of Topliss-reactive ketones (excluding diaryl/α,β-unsaturated/α-hetero) is 2. The number of hydrogen-bond donors (Lipinski definition) is 0. The summed E-state index contributed by atoms with van der Waals surface area (Å²) in [5.41, 5.74) is 1.17. The van der Waals surface area contributed by atoms with Crippen molar-refractivity contribution in [2.24, 2.45) is 0 Å². The molecule has 15 heavy (non-hydrogen) atoms. The van der Waals surface area contributed by atoms with E-state index >= 15 is 0 Å². The summed E-state index contributed by atoms with van der Waals surface area (Å²) in [7, 11) is 0. The fourth-order valence-corrected chi connectivity index (χ4v) is 3.43. The lowest BCUT2D eigenvalue weighted by molar-refractivity contribution is 0.0923. The first-order valence-electron chi connectivity index (χ1n) is 4.44. The highest BCUT2D eigenvalue weighted by atomic mass is 79.9. The van der Waals surface area contributed by atoms with Gasteiger partial charge < -0.3 is 0 Å². The minimum Gasteiger partial charge on any atom is -0.294 e. The molecule has 0 radical (unpaired) electrons. The number of carbonyl (C=O) groups excluding carboxylic acids is 2. The molecule has 0 saturated heterocycles. The summed E-state index contributed by atoms with van der Waals surface area (Å²) in [6.45, 7) is 0. The Morgan fingerprint density at radius 3 is 2.47 bits per heavy atom. The zero-order chi connectivity index (χ0) is 10.6. The lowest BCUT2D eigenvalue weighted by Crippen LogP contribution is -1.90. The van der Waals surface area contributed by atoms with Crippen molar-refractivity contribution in [1.29, 1.82) is 0 Å². The van der Waals surface area contributed by atoms with E-state index in [1.54, 1.807) is 11.3 Å². The molecule has 0 spiro atoms. The lowest BCUT2D eigenvalue weighted by Gasteiger charge is -1.95. The molecule has 74 valence electrons. The van der Waals surface area contributed by atoms with Gasteiger partial charge in [-0.05, 0) is 39.5 Å². The normalized spacial score (nSPS) is 15.0. The highest BCUT2D eigenvalue weighted by Gasteiger charge is 2.27. The van der Waals surface area contributed by atoms with Crippen LogP contribution in [0.25, 0.3) is 10.1 Å². The summed E-state index contributed by atoms with van der Waals surface area (Å²) in [6, 6.07) is 5.61. The fraction of sp³-hybridized carbons (Fsp3) is 0.0909. The van der Waals surface area contributed by atoms with E-state index in [-0.39, 0.29) is 18.0 Å². The van der Waals surface area contributed by atoms with E-state index in [1.165, 1.54) is 0 Å². The van der Waals surface area contributed by atoms with Crippen LogP contribution in [0.3, 0.4) is 0 Å². The Hall–Kier alpha value is -1.00.